The number of methoxy groups -OCH3 is 2. The Morgan fingerprint density at radius 1 is 1.00 bits per heavy atom. The van der Waals surface area contributed by atoms with Crippen LogP contribution in [0.5, 0.6) is 11.5 Å². The number of thiocarbonyl (C=S) groups is 1. The van der Waals surface area contributed by atoms with Gasteiger partial charge >= 0.3 is 5.97 Å². The fraction of sp³-hybridized carbons (Fsp3) is 0.176. The second-order valence-corrected chi connectivity index (χ2v) is 5.78. The molecule has 9 heteroatoms. The number of hydrogen-bond donors (Lipinski definition) is 1. The Labute approximate surface area is 158 Å². The van der Waals surface area contributed by atoms with E-state index in [4.69, 9.17) is 33.7 Å². The monoisotopic (exact) mass is 406 g/mol. The van der Waals surface area contributed by atoms with Gasteiger partial charge in [0.25, 0.3) is 0 Å². The van der Waals surface area contributed by atoms with Crippen molar-refractivity contribution in [2.75, 3.05) is 14.2 Å². The molecule has 0 saturated heterocycles. The maximum absolute atomic E-state index is 13.1. The van der Waals surface area contributed by atoms with Crippen LogP contribution >= 0.6 is 23.8 Å². The maximum Gasteiger partial charge on any atom is 0.338 e. The summed E-state index contributed by atoms with van der Waals surface area (Å²) in [7, 11) is 2.47. The lowest BCUT2D eigenvalue weighted by Crippen LogP contribution is -2.03. The highest BCUT2D eigenvalue weighted by Gasteiger charge is 2.18. The first-order chi connectivity index (χ1) is 12.1. The molecule has 0 heterocycles. The summed E-state index contributed by atoms with van der Waals surface area (Å²) in [5.41, 5.74) is 0.649. The van der Waals surface area contributed by atoms with E-state index in [1.165, 1.54) is 13.2 Å². The highest BCUT2D eigenvalue weighted by molar-refractivity contribution is 7.83. The van der Waals surface area contributed by atoms with Gasteiger partial charge in [0.1, 0.15) is 4.32 Å². The number of carboxylic acid groups (broad SMARTS) is 1. The Morgan fingerprint density at radius 2 is 1.46 bits per heavy atom. The van der Waals surface area contributed by atoms with Gasteiger partial charge in [0.2, 0.25) is 0 Å². The summed E-state index contributed by atoms with van der Waals surface area (Å²) in [6.45, 7) is 1.71. The maximum atomic E-state index is 13.1. The molecule has 2 aromatic carbocycles. The standard InChI is InChI=1S/C9H8ClFOS.C8H6F2O3/c1-5-6(9(10)13)3-4-7(11)8(5)12-2;1-13-7-5(9)3-2-4(6(7)10)8(11)12/h3-4H,1-2H3;2-3H,1H3,(H,11,12). The van der Waals surface area contributed by atoms with Crippen LogP contribution in [-0.2, 0) is 0 Å². The van der Waals surface area contributed by atoms with Crippen LogP contribution in [0.4, 0.5) is 13.2 Å². The van der Waals surface area contributed by atoms with E-state index in [1.54, 1.807) is 13.0 Å². The topological polar surface area (TPSA) is 55.8 Å². The third-order valence-corrected chi connectivity index (χ3v) is 3.68. The molecule has 0 bridgehead atoms. The van der Waals surface area contributed by atoms with Crippen molar-refractivity contribution in [2.24, 2.45) is 0 Å². The quantitative estimate of drug-likeness (QED) is 0.587. The summed E-state index contributed by atoms with van der Waals surface area (Å²) >= 11 is 10.4. The van der Waals surface area contributed by atoms with E-state index in [0.717, 1.165) is 19.2 Å². The van der Waals surface area contributed by atoms with Crippen molar-refractivity contribution in [1.82, 2.24) is 0 Å². The lowest BCUT2D eigenvalue weighted by Gasteiger charge is -2.08. The summed E-state index contributed by atoms with van der Waals surface area (Å²) in [4.78, 5) is 10.4. The molecule has 2 aromatic rings. The number of hydrogen-bond acceptors (Lipinski definition) is 4. The Morgan fingerprint density at radius 3 is 1.88 bits per heavy atom. The molecule has 0 saturated carbocycles. The smallest absolute Gasteiger partial charge is 0.338 e. The molecule has 2 rings (SSSR count). The predicted molar refractivity (Wildman–Crippen MR) is 95.1 cm³/mol. The van der Waals surface area contributed by atoms with E-state index in [-0.39, 0.29) is 10.1 Å². The lowest BCUT2D eigenvalue weighted by molar-refractivity contribution is 0.0690. The zero-order chi connectivity index (χ0) is 20.0. The third kappa shape index (κ3) is 4.86. The highest BCUT2D eigenvalue weighted by Crippen LogP contribution is 2.26. The van der Waals surface area contributed by atoms with Gasteiger partial charge in [0, 0.05) is 11.1 Å². The second kappa shape index (κ2) is 9.40. The average Bonchev–Trinajstić information content (AvgIpc) is 2.55. The molecule has 1 N–H and O–H groups in total. The van der Waals surface area contributed by atoms with Gasteiger partial charge in [-0.15, -0.1) is 0 Å². The van der Waals surface area contributed by atoms with Crippen LogP contribution in [-0.4, -0.2) is 29.6 Å². The van der Waals surface area contributed by atoms with Gasteiger partial charge in [-0.3, -0.25) is 0 Å². The van der Waals surface area contributed by atoms with Crippen LogP contribution in [0.25, 0.3) is 0 Å². The van der Waals surface area contributed by atoms with Gasteiger partial charge in [-0.1, -0.05) is 23.8 Å². The molecular weight excluding hydrogens is 393 g/mol. The van der Waals surface area contributed by atoms with Crippen LogP contribution < -0.4 is 9.47 Å². The summed E-state index contributed by atoms with van der Waals surface area (Å²) in [5.74, 6) is -4.48. The van der Waals surface area contributed by atoms with Crippen molar-refractivity contribution >= 4 is 34.1 Å². The highest BCUT2D eigenvalue weighted by atomic mass is 35.5. The molecule has 0 atom stereocenters. The molecule has 0 amide bonds. The molecule has 26 heavy (non-hydrogen) atoms. The zero-order valence-electron chi connectivity index (χ0n) is 13.9. The Balaban J connectivity index is 0.000000260. The number of benzene rings is 2. The molecule has 0 radical (unpaired) electrons. The van der Waals surface area contributed by atoms with Crippen LogP contribution in [0.3, 0.4) is 0 Å². The summed E-state index contributed by atoms with van der Waals surface area (Å²) in [6, 6.07) is 4.51. The molecule has 140 valence electrons. The second-order valence-electron chi connectivity index (χ2n) is 4.77. The van der Waals surface area contributed by atoms with E-state index < -0.39 is 34.7 Å². The molecule has 0 fully saturated rings. The van der Waals surface area contributed by atoms with Crippen molar-refractivity contribution in [3.05, 3.63) is 58.4 Å². The van der Waals surface area contributed by atoms with Gasteiger partial charge in [-0.2, -0.15) is 0 Å². The molecule has 4 nitrogen and oxygen atoms in total. The molecule has 0 aromatic heterocycles. The first-order valence-corrected chi connectivity index (χ1v) is 7.72. The number of carbonyl (C=O) groups is 1. The summed E-state index contributed by atoms with van der Waals surface area (Å²) in [6.07, 6.45) is 0. The Hall–Kier alpha value is -2.32. The molecule has 0 aliphatic heterocycles. The van der Waals surface area contributed by atoms with Crippen molar-refractivity contribution in [3.8, 4) is 11.5 Å². The normalized spacial score (nSPS) is 9.81. The van der Waals surface area contributed by atoms with E-state index in [2.05, 4.69) is 4.74 Å². The van der Waals surface area contributed by atoms with Crippen LogP contribution in [0.2, 0.25) is 0 Å². The van der Waals surface area contributed by atoms with Crippen LogP contribution in [0.15, 0.2) is 24.3 Å². The van der Waals surface area contributed by atoms with Crippen molar-refractivity contribution < 1.29 is 32.5 Å². The Kier molecular flexibility index (Phi) is 7.85. The number of aromatic carboxylic acids is 1. The average molecular weight is 407 g/mol. The molecule has 0 spiro atoms. The van der Waals surface area contributed by atoms with E-state index in [1.807, 2.05) is 0 Å². The molecule has 0 aliphatic carbocycles. The third-order valence-electron chi connectivity index (χ3n) is 3.26. The number of ether oxygens (including phenoxy) is 2. The van der Waals surface area contributed by atoms with E-state index in [9.17, 15) is 18.0 Å². The van der Waals surface area contributed by atoms with Gasteiger partial charge in [0.15, 0.2) is 29.0 Å². The molecule has 0 aliphatic rings. The predicted octanol–water partition coefficient (Wildman–Crippen LogP) is 4.73. The van der Waals surface area contributed by atoms with E-state index >= 15 is 0 Å². The molecule has 0 unspecified atom stereocenters. The van der Waals surface area contributed by atoms with Crippen molar-refractivity contribution in [1.29, 1.82) is 0 Å². The van der Waals surface area contributed by atoms with Crippen LogP contribution in [0, 0.1) is 24.4 Å². The van der Waals surface area contributed by atoms with Gasteiger partial charge in [0.05, 0.1) is 19.8 Å². The fourth-order valence-electron chi connectivity index (χ4n) is 2.01. The summed E-state index contributed by atoms with van der Waals surface area (Å²) in [5, 5.41) is 8.46. The lowest BCUT2D eigenvalue weighted by atomic mass is 10.1. The SMILES string of the molecule is COc1c(F)ccc(C(=O)O)c1F.COc1c(F)ccc(C(=S)Cl)c1C. The van der Waals surface area contributed by atoms with Crippen LogP contribution in [0.1, 0.15) is 21.5 Å². The summed E-state index contributed by atoms with van der Waals surface area (Å²) < 4.78 is 48.3. The fourth-order valence-corrected chi connectivity index (χ4v) is 2.43. The minimum atomic E-state index is -1.46. The van der Waals surface area contributed by atoms with Gasteiger partial charge in [-0.05, 0) is 31.2 Å². The first kappa shape index (κ1) is 21.7. The van der Waals surface area contributed by atoms with Crippen molar-refractivity contribution in [2.45, 2.75) is 6.92 Å². The van der Waals surface area contributed by atoms with Gasteiger partial charge < -0.3 is 14.6 Å². The minimum Gasteiger partial charge on any atom is -0.493 e. The van der Waals surface area contributed by atoms with Gasteiger partial charge in [-0.25, -0.2) is 18.0 Å². The largest absolute Gasteiger partial charge is 0.493 e. The van der Waals surface area contributed by atoms with Crippen molar-refractivity contribution in [3.63, 3.8) is 0 Å². The number of rotatable bonds is 4. The zero-order valence-corrected chi connectivity index (χ0v) is 15.5. The Bertz CT molecular complexity index is 774. The first-order valence-electron chi connectivity index (χ1n) is 6.93. The number of halogens is 4. The molecular formula is C17H14ClF3O4S. The number of carboxylic acids is 1. The minimum absolute atomic E-state index is 0.195. The van der Waals surface area contributed by atoms with E-state index in [0.29, 0.717) is 11.1 Å².